The minimum Gasteiger partial charge on any atom is -0.368 e. The van der Waals surface area contributed by atoms with Gasteiger partial charge in [0.15, 0.2) is 0 Å². The van der Waals surface area contributed by atoms with Crippen molar-refractivity contribution in [1.29, 1.82) is 0 Å². The zero-order valence-corrected chi connectivity index (χ0v) is 18.4. The van der Waals surface area contributed by atoms with Crippen LogP contribution in [0.15, 0.2) is 90.1 Å². The number of allylic oxidation sites excluding steroid dienone is 1. The van der Waals surface area contributed by atoms with Crippen molar-refractivity contribution in [2.75, 3.05) is 16.6 Å². The quantitative estimate of drug-likeness (QED) is 0.296. The second-order valence-electron chi connectivity index (χ2n) is 7.10. The summed E-state index contributed by atoms with van der Waals surface area (Å²) in [6.45, 7) is 12.9. The number of hydrogen-bond acceptors (Lipinski definition) is 3. The molecule has 0 aliphatic rings. The van der Waals surface area contributed by atoms with Crippen LogP contribution in [0.3, 0.4) is 0 Å². The minimum atomic E-state index is -1.64. The summed E-state index contributed by atoms with van der Waals surface area (Å²) in [6.07, 6.45) is 6.27. The molecule has 0 bridgehead atoms. The molecule has 154 valence electrons. The molecule has 29 heavy (non-hydrogen) atoms. The van der Waals surface area contributed by atoms with Crippen molar-refractivity contribution in [3.05, 3.63) is 90.8 Å². The van der Waals surface area contributed by atoms with Crippen LogP contribution in [0, 0.1) is 6.92 Å². The molecule has 3 nitrogen and oxygen atoms in total. The lowest BCUT2D eigenvalue weighted by Crippen LogP contribution is -2.20. The molecule has 4 heteroatoms. The maximum atomic E-state index is 4.33. The second-order valence-corrected chi connectivity index (χ2v) is 9.55. The highest BCUT2D eigenvalue weighted by molar-refractivity contribution is 8.28. The number of unbranched alkanes of at least 4 members (excludes halogenated alkanes) is 1. The van der Waals surface area contributed by atoms with Crippen LogP contribution in [0.2, 0.25) is 0 Å². The Morgan fingerprint density at radius 2 is 1.62 bits per heavy atom. The summed E-state index contributed by atoms with van der Waals surface area (Å²) in [7, 11) is -1.64. The van der Waals surface area contributed by atoms with Gasteiger partial charge in [-0.05, 0) is 55.3 Å². The van der Waals surface area contributed by atoms with E-state index in [1.165, 1.54) is 11.1 Å². The van der Waals surface area contributed by atoms with E-state index < -0.39 is 9.39 Å². The van der Waals surface area contributed by atoms with Gasteiger partial charge in [-0.3, -0.25) is 0 Å². The van der Waals surface area contributed by atoms with Crippen molar-refractivity contribution in [2.45, 2.75) is 31.6 Å². The normalized spacial score (nSPS) is 11.6. The Labute approximate surface area is 176 Å². The third kappa shape index (κ3) is 7.24. The SMILES string of the molecule is C=C/C(=C\CCC)CNC(=C)Nc1ccc(S(=C)(=C)Nc2ccc(C)cc2)cc1. The first-order valence-electron chi connectivity index (χ1n) is 9.79. The first kappa shape index (κ1) is 22.4. The molecule has 3 N–H and O–H groups in total. The number of nitrogens with one attached hydrogen (secondary N) is 3. The molecule has 0 aliphatic heterocycles. The Bertz CT molecular complexity index is 950. The lowest BCUT2D eigenvalue weighted by atomic mass is 10.2. The van der Waals surface area contributed by atoms with Crippen LogP contribution < -0.4 is 15.4 Å². The Morgan fingerprint density at radius 3 is 2.21 bits per heavy atom. The van der Waals surface area contributed by atoms with Crippen LogP contribution in [0.5, 0.6) is 0 Å². The predicted octanol–water partition coefficient (Wildman–Crippen LogP) is 6.43. The molecule has 0 heterocycles. The minimum absolute atomic E-state index is 0.707. The van der Waals surface area contributed by atoms with Gasteiger partial charge >= 0.3 is 0 Å². The van der Waals surface area contributed by atoms with E-state index >= 15 is 0 Å². The topological polar surface area (TPSA) is 36.1 Å². The molecule has 0 saturated carbocycles. The van der Waals surface area contributed by atoms with Crippen molar-refractivity contribution >= 4 is 32.5 Å². The van der Waals surface area contributed by atoms with Gasteiger partial charge in [0.2, 0.25) is 0 Å². The van der Waals surface area contributed by atoms with Crippen molar-refractivity contribution in [3.63, 3.8) is 0 Å². The van der Waals surface area contributed by atoms with Gasteiger partial charge in [-0.2, -0.15) is 0 Å². The average molecular weight is 408 g/mol. The maximum absolute atomic E-state index is 4.33. The highest BCUT2D eigenvalue weighted by Crippen LogP contribution is 2.33. The van der Waals surface area contributed by atoms with E-state index in [9.17, 15) is 0 Å². The lowest BCUT2D eigenvalue weighted by molar-refractivity contribution is 0.876. The largest absolute Gasteiger partial charge is 0.368 e. The number of rotatable bonds is 11. The van der Waals surface area contributed by atoms with E-state index in [1.807, 2.05) is 18.2 Å². The third-order valence-corrected chi connectivity index (χ3v) is 6.23. The third-order valence-electron chi connectivity index (χ3n) is 4.43. The molecule has 0 fully saturated rings. The predicted molar refractivity (Wildman–Crippen MR) is 135 cm³/mol. The van der Waals surface area contributed by atoms with Gasteiger partial charge in [-0.1, -0.05) is 68.1 Å². The fraction of sp³-hybridized carbons (Fsp3) is 0.200. The fourth-order valence-corrected chi connectivity index (χ4v) is 4.05. The molecule has 2 aromatic carbocycles. The van der Waals surface area contributed by atoms with Crippen LogP contribution in [0.1, 0.15) is 25.3 Å². The first-order chi connectivity index (χ1) is 13.8. The molecule has 0 spiro atoms. The molecule has 0 saturated heterocycles. The van der Waals surface area contributed by atoms with Crippen molar-refractivity contribution in [2.24, 2.45) is 0 Å². The molecular formula is C25H33N3S. The molecule has 0 radical (unpaired) electrons. The van der Waals surface area contributed by atoms with E-state index in [0.717, 1.165) is 34.9 Å². The van der Waals surface area contributed by atoms with Crippen LogP contribution in [-0.4, -0.2) is 18.3 Å². The summed E-state index contributed by atoms with van der Waals surface area (Å²) in [5.74, 6) is 9.41. The average Bonchev–Trinajstić information content (AvgIpc) is 2.70. The fourth-order valence-electron chi connectivity index (χ4n) is 2.69. The molecule has 2 aromatic rings. The number of aryl methyl sites for hydroxylation is 1. The van der Waals surface area contributed by atoms with Crippen LogP contribution in [-0.2, 0) is 0 Å². The summed E-state index contributed by atoms with van der Waals surface area (Å²) >= 11 is 0. The van der Waals surface area contributed by atoms with Gasteiger partial charge in [-0.25, -0.2) is 0 Å². The summed E-state index contributed by atoms with van der Waals surface area (Å²) < 4.78 is 3.47. The molecule has 0 unspecified atom stereocenters. The molecule has 0 aromatic heterocycles. The second kappa shape index (κ2) is 10.6. The van der Waals surface area contributed by atoms with Crippen molar-refractivity contribution in [1.82, 2.24) is 5.32 Å². The molecule has 2 rings (SSSR count). The van der Waals surface area contributed by atoms with Gasteiger partial charge in [0.1, 0.15) is 0 Å². The highest BCUT2D eigenvalue weighted by Gasteiger charge is 2.03. The van der Waals surface area contributed by atoms with E-state index in [2.05, 4.69) is 96.6 Å². The van der Waals surface area contributed by atoms with E-state index in [-0.39, 0.29) is 0 Å². The highest BCUT2D eigenvalue weighted by atomic mass is 32.2. The van der Waals surface area contributed by atoms with E-state index in [4.69, 9.17) is 0 Å². The first-order valence-corrected chi connectivity index (χ1v) is 11.8. The van der Waals surface area contributed by atoms with Gasteiger partial charge in [0, 0.05) is 22.8 Å². The Hall–Kier alpha value is -2.85. The Kier molecular flexibility index (Phi) is 8.22. The van der Waals surface area contributed by atoms with Crippen LogP contribution >= 0.6 is 9.39 Å². The number of benzene rings is 2. The number of hydrogen-bond donors (Lipinski definition) is 3. The zero-order chi connectivity index (χ0) is 21.3. The maximum Gasteiger partial charge on any atom is 0.0959 e. The van der Waals surface area contributed by atoms with Gasteiger partial charge in [-0.15, -0.1) is 9.39 Å². The van der Waals surface area contributed by atoms with Gasteiger partial charge in [0.05, 0.1) is 5.82 Å². The molecule has 0 aliphatic carbocycles. The number of anilines is 2. The molecule has 0 amide bonds. The summed E-state index contributed by atoms with van der Waals surface area (Å²) in [6, 6.07) is 16.5. The molecule has 0 atom stereocenters. The van der Waals surface area contributed by atoms with Crippen molar-refractivity contribution < 1.29 is 0 Å². The Morgan fingerprint density at radius 1 is 1.00 bits per heavy atom. The molecular weight excluding hydrogens is 374 g/mol. The summed E-state index contributed by atoms with van der Waals surface area (Å²) in [5, 5.41) is 6.59. The van der Waals surface area contributed by atoms with E-state index in [0.29, 0.717) is 6.54 Å². The monoisotopic (exact) mass is 407 g/mol. The zero-order valence-electron chi connectivity index (χ0n) is 17.6. The van der Waals surface area contributed by atoms with Crippen LogP contribution in [0.4, 0.5) is 11.4 Å². The standard InChI is InChI=1S/C25H33N3S/c1-7-9-10-22(8-2)19-26-21(4)27-23-15-17-25(18-16-23)29(5,6)28-24-13-11-20(3)12-14-24/h8,10-18,26-28H,2,4-7,9,19H2,1,3H3/b22-10+. The summed E-state index contributed by atoms with van der Waals surface area (Å²) in [4.78, 5) is 1.08. The van der Waals surface area contributed by atoms with Gasteiger partial charge in [0.25, 0.3) is 0 Å². The van der Waals surface area contributed by atoms with Gasteiger partial charge < -0.3 is 15.4 Å². The smallest absolute Gasteiger partial charge is 0.0959 e. The van der Waals surface area contributed by atoms with Crippen LogP contribution in [0.25, 0.3) is 0 Å². The van der Waals surface area contributed by atoms with E-state index in [1.54, 1.807) is 0 Å². The van der Waals surface area contributed by atoms with Crippen molar-refractivity contribution in [3.8, 4) is 0 Å². The summed E-state index contributed by atoms with van der Waals surface area (Å²) in [5.41, 5.74) is 4.41. The Balaban J connectivity index is 1.96. The lowest BCUT2D eigenvalue weighted by Gasteiger charge is -2.19.